The number of fused-ring (bicyclic) bond motifs is 1. The summed E-state index contributed by atoms with van der Waals surface area (Å²) >= 11 is 6.10. The Morgan fingerprint density at radius 2 is 1.86 bits per heavy atom. The highest BCUT2D eigenvalue weighted by atomic mass is 35.5. The topological polar surface area (TPSA) is 55.1 Å². The van der Waals surface area contributed by atoms with E-state index >= 15 is 0 Å². The second kappa shape index (κ2) is 8.02. The summed E-state index contributed by atoms with van der Waals surface area (Å²) < 4.78 is 5.22. The summed E-state index contributed by atoms with van der Waals surface area (Å²) in [5.74, 6) is 2.05. The molecule has 28 heavy (non-hydrogen) atoms. The first-order valence-corrected chi connectivity index (χ1v) is 10.2. The molecule has 1 aliphatic rings. The summed E-state index contributed by atoms with van der Waals surface area (Å²) in [6.07, 6.45) is 1.83. The minimum absolute atomic E-state index is 0.286. The Morgan fingerprint density at radius 3 is 2.54 bits per heavy atom. The van der Waals surface area contributed by atoms with Gasteiger partial charge in [-0.2, -0.15) is 0 Å². The largest absolute Gasteiger partial charge is 0.361 e. The molecular weight excluding hydrogens is 372 g/mol. The van der Waals surface area contributed by atoms with Crippen LogP contribution in [-0.4, -0.2) is 33.1 Å². The molecule has 0 atom stereocenters. The maximum absolute atomic E-state index is 6.10. The maximum atomic E-state index is 6.10. The van der Waals surface area contributed by atoms with Gasteiger partial charge in [0.05, 0.1) is 11.4 Å². The summed E-state index contributed by atoms with van der Waals surface area (Å²) in [7, 11) is 0. The minimum Gasteiger partial charge on any atom is -0.361 e. The summed E-state index contributed by atoms with van der Waals surface area (Å²) in [5, 5.41) is 4.88. The zero-order chi connectivity index (χ0) is 19.7. The Morgan fingerprint density at radius 1 is 1.11 bits per heavy atom. The monoisotopic (exact) mass is 396 g/mol. The lowest BCUT2D eigenvalue weighted by molar-refractivity contribution is 0.268. The van der Waals surface area contributed by atoms with Gasteiger partial charge in [-0.3, -0.25) is 4.90 Å². The van der Waals surface area contributed by atoms with E-state index in [0.29, 0.717) is 0 Å². The number of aryl methyl sites for hydroxylation is 1. The molecule has 0 spiro atoms. The van der Waals surface area contributed by atoms with Crippen LogP contribution in [0, 0.1) is 6.92 Å². The van der Waals surface area contributed by atoms with Crippen molar-refractivity contribution in [3.8, 4) is 11.3 Å². The predicted molar refractivity (Wildman–Crippen MR) is 110 cm³/mol. The van der Waals surface area contributed by atoms with Crippen LogP contribution >= 0.6 is 11.6 Å². The quantitative estimate of drug-likeness (QED) is 0.632. The molecule has 0 fully saturated rings. The molecule has 1 aliphatic heterocycles. The van der Waals surface area contributed by atoms with Gasteiger partial charge in [0.2, 0.25) is 0 Å². The fourth-order valence-corrected chi connectivity index (χ4v) is 3.78. The summed E-state index contributed by atoms with van der Waals surface area (Å²) in [5.41, 5.74) is 5.55. The smallest absolute Gasteiger partial charge is 0.133 e. The van der Waals surface area contributed by atoms with Crippen molar-refractivity contribution in [1.29, 1.82) is 0 Å². The van der Waals surface area contributed by atoms with Crippen LogP contribution in [0.2, 0.25) is 5.02 Å². The Kier molecular flexibility index (Phi) is 5.47. The third kappa shape index (κ3) is 4.10. The van der Waals surface area contributed by atoms with Gasteiger partial charge in [0.1, 0.15) is 11.6 Å². The van der Waals surface area contributed by atoms with Gasteiger partial charge in [-0.15, -0.1) is 0 Å². The Labute approximate surface area is 170 Å². The third-order valence-corrected chi connectivity index (χ3v) is 5.40. The molecule has 3 heterocycles. The van der Waals surface area contributed by atoms with Crippen LogP contribution in [0.5, 0.6) is 0 Å². The van der Waals surface area contributed by atoms with Crippen molar-refractivity contribution in [3.05, 3.63) is 63.9 Å². The number of hydrogen-bond acceptors (Lipinski definition) is 5. The first-order chi connectivity index (χ1) is 13.5. The SMILES string of the molecule is Cc1cc(CN2CCc3nc(C(C)C)nc(-c4ccc(Cl)cc4)c3CC2)no1. The van der Waals surface area contributed by atoms with E-state index in [0.717, 1.165) is 66.0 Å². The lowest BCUT2D eigenvalue weighted by atomic mass is 10.00. The normalized spacial score (nSPS) is 14.9. The van der Waals surface area contributed by atoms with Gasteiger partial charge in [-0.25, -0.2) is 9.97 Å². The van der Waals surface area contributed by atoms with E-state index < -0.39 is 0 Å². The fourth-order valence-electron chi connectivity index (χ4n) is 3.65. The number of aromatic nitrogens is 3. The first-order valence-electron chi connectivity index (χ1n) is 9.80. The Balaban J connectivity index is 1.66. The molecule has 146 valence electrons. The van der Waals surface area contributed by atoms with E-state index in [1.807, 2.05) is 25.1 Å². The van der Waals surface area contributed by atoms with E-state index in [4.69, 9.17) is 26.1 Å². The molecule has 4 rings (SSSR count). The van der Waals surface area contributed by atoms with Crippen LogP contribution < -0.4 is 0 Å². The molecule has 0 saturated carbocycles. The molecule has 1 aromatic carbocycles. The number of halogens is 1. The highest BCUT2D eigenvalue weighted by Crippen LogP contribution is 2.29. The second-order valence-electron chi connectivity index (χ2n) is 7.72. The highest BCUT2D eigenvalue weighted by molar-refractivity contribution is 6.30. The highest BCUT2D eigenvalue weighted by Gasteiger charge is 2.22. The molecule has 0 unspecified atom stereocenters. The molecule has 0 saturated heterocycles. The molecule has 2 aromatic heterocycles. The number of nitrogens with zero attached hydrogens (tertiary/aromatic N) is 4. The van der Waals surface area contributed by atoms with Crippen LogP contribution in [0.4, 0.5) is 0 Å². The lowest BCUT2D eigenvalue weighted by Gasteiger charge is -2.17. The Bertz CT molecular complexity index is 965. The standard InChI is InChI=1S/C22H25ClN4O/c1-14(2)22-24-20-9-11-27(13-18-12-15(3)28-26-18)10-8-19(20)21(25-22)16-4-6-17(23)7-5-16/h4-7,12,14H,8-11,13H2,1-3H3. The van der Waals surface area contributed by atoms with Crippen molar-refractivity contribution in [3.63, 3.8) is 0 Å². The molecule has 0 bridgehead atoms. The molecule has 3 aromatic rings. The van der Waals surface area contributed by atoms with Crippen LogP contribution in [-0.2, 0) is 19.4 Å². The first kappa shape index (κ1) is 19.1. The third-order valence-electron chi connectivity index (χ3n) is 5.15. The van der Waals surface area contributed by atoms with Gasteiger partial charge in [-0.05, 0) is 25.5 Å². The van der Waals surface area contributed by atoms with E-state index in [9.17, 15) is 0 Å². The van der Waals surface area contributed by atoms with Crippen molar-refractivity contribution >= 4 is 11.6 Å². The zero-order valence-corrected chi connectivity index (χ0v) is 17.3. The van der Waals surface area contributed by atoms with E-state index in [2.05, 4.69) is 36.0 Å². The van der Waals surface area contributed by atoms with E-state index in [1.54, 1.807) is 0 Å². The zero-order valence-electron chi connectivity index (χ0n) is 16.6. The second-order valence-corrected chi connectivity index (χ2v) is 8.16. The van der Waals surface area contributed by atoms with Crippen LogP contribution in [0.15, 0.2) is 34.9 Å². The number of hydrogen-bond donors (Lipinski definition) is 0. The van der Waals surface area contributed by atoms with Crippen molar-refractivity contribution in [2.24, 2.45) is 0 Å². The lowest BCUT2D eigenvalue weighted by Crippen LogP contribution is -2.26. The Hall–Kier alpha value is -2.24. The average molecular weight is 397 g/mol. The van der Waals surface area contributed by atoms with Crippen LogP contribution in [0.1, 0.15) is 48.3 Å². The summed E-state index contributed by atoms with van der Waals surface area (Å²) in [4.78, 5) is 12.3. The van der Waals surface area contributed by atoms with Gasteiger partial charge < -0.3 is 4.52 Å². The molecule has 0 N–H and O–H groups in total. The fraction of sp³-hybridized carbons (Fsp3) is 0.409. The van der Waals surface area contributed by atoms with Gasteiger partial charge in [0, 0.05) is 59.9 Å². The van der Waals surface area contributed by atoms with Gasteiger partial charge in [0.15, 0.2) is 0 Å². The van der Waals surface area contributed by atoms with E-state index in [-0.39, 0.29) is 5.92 Å². The maximum Gasteiger partial charge on any atom is 0.133 e. The number of rotatable bonds is 4. The average Bonchev–Trinajstić information content (AvgIpc) is 2.97. The minimum atomic E-state index is 0.286. The molecule has 6 heteroatoms. The van der Waals surface area contributed by atoms with Gasteiger partial charge in [0.25, 0.3) is 0 Å². The van der Waals surface area contributed by atoms with Crippen molar-refractivity contribution in [1.82, 2.24) is 20.0 Å². The van der Waals surface area contributed by atoms with Crippen molar-refractivity contribution in [2.45, 2.75) is 46.1 Å². The van der Waals surface area contributed by atoms with Crippen molar-refractivity contribution in [2.75, 3.05) is 13.1 Å². The molecule has 0 aliphatic carbocycles. The van der Waals surface area contributed by atoms with Crippen LogP contribution in [0.25, 0.3) is 11.3 Å². The summed E-state index contributed by atoms with van der Waals surface area (Å²) in [6, 6.07) is 9.96. The van der Waals surface area contributed by atoms with Crippen LogP contribution in [0.3, 0.4) is 0 Å². The summed E-state index contributed by atoms with van der Waals surface area (Å²) in [6.45, 7) is 8.91. The van der Waals surface area contributed by atoms with Gasteiger partial charge >= 0.3 is 0 Å². The van der Waals surface area contributed by atoms with Gasteiger partial charge in [-0.1, -0.05) is 42.7 Å². The number of benzene rings is 1. The molecule has 5 nitrogen and oxygen atoms in total. The van der Waals surface area contributed by atoms with E-state index in [1.165, 1.54) is 11.3 Å². The molecular formula is C22H25ClN4O. The van der Waals surface area contributed by atoms with Crippen molar-refractivity contribution < 1.29 is 4.52 Å². The molecule has 0 radical (unpaired) electrons. The predicted octanol–water partition coefficient (Wildman–Crippen LogP) is 4.82. The molecule has 0 amide bonds.